The number of anilines is 2. The largest absolute Gasteiger partial charge is 0.372 e. The zero-order valence-corrected chi connectivity index (χ0v) is 20.3. The Morgan fingerprint density at radius 2 is 0.781 bits per heavy atom. The Morgan fingerprint density at radius 1 is 0.438 bits per heavy atom. The highest BCUT2D eigenvalue weighted by atomic mass is 15.1. The van der Waals surface area contributed by atoms with Crippen LogP contribution in [-0.2, 0) is 19.6 Å². The van der Waals surface area contributed by atoms with Gasteiger partial charge in [0.05, 0.1) is 0 Å². The Balaban J connectivity index is 1.75. The standard InChI is InChI=1S/C29H39N3/c1-5-31(6-2)28-18-14-26(15-19-28)23-30(22-25-12-10-9-11-13-25)24-27-16-20-29(21-17-27)32(7-3)8-4/h9-21H,5-8,22-24H2,1-4H3. The summed E-state index contributed by atoms with van der Waals surface area (Å²) in [6, 6.07) is 29.0. The lowest BCUT2D eigenvalue weighted by Crippen LogP contribution is -2.24. The maximum atomic E-state index is 2.54. The van der Waals surface area contributed by atoms with Gasteiger partial charge in [0, 0.05) is 57.2 Å². The fourth-order valence-electron chi connectivity index (χ4n) is 4.33. The van der Waals surface area contributed by atoms with Gasteiger partial charge in [0.15, 0.2) is 0 Å². The van der Waals surface area contributed by atoms with Crippen LogP contribution in [-0.4, -0.2) is 31.1 Å². The summed E-state index contributed by atoms with van der Waals surface area (Å²) >= 11 is 0. The quantitative estimate of drug-likeness (QED) is 0.322. The Morgan fingerprint density at radius 3 is 1.12 bits per heavy atom. The monoisotopic (exact) mass is 429 g/mol. The average molecular weight is 430 g/mol. The summed E-state index contributed by atoms with van der Waals surface area (Å²) in [5.74, 6) is 0. The van der Waals surface area contributed by atoms with Crippen molar-refractivity contribution in [3.63, 3.8) is 0 Å². The Labute approximate surface area is 195 Å². The molecule has 0 radical (unpaired) electrons. The highest BCUT2D eigenvalue weighted by molar-refractivity contribution is 5.48. The molecule has 0 saturated carbocycles. The zero-order chi connectivity index (χ0) is 22.8. The van der Waals surface area contributed by atoms with Crippen molar-refractivity contribution >= 4 is 11.4 Å². The van der Waals surface area contributed by atoms with Gasteiger partial charge in [-0.3, -0.25) is 4.90 Å². The van der Waals surface area contributed by atoms with E-state index in [4.69, 9.17) is 0 Å². The van der Waals surface area contributed by atoms with Gasteiger partial charge >= 0.3 is 0 Å². The van der Waals surface area contributed by atoms with Crippen LogP contribution in [0.25, 0.3) is 0 Å². The second kappa shape index (κ2) is 12.3. The van der Waals surface area contributed by atoms with Gasteiger partial charge in [-0.05, 0) is 68.7 Å². The molecule has 3 nitrogen and oxygen atoms in total. The lowest BCUT2D eigenvalue weighted by molar-refractivity contribution is 0.248. The summed E-state index contributed by atoms with van der Waals surface area (Å²) in [7, 11) is 0. The predicted octanol–water partition coefficient (Wildman–Crippen LogP) is 6.58. The number of hydrogen-bond donors (Lipinski definition) is 0. The SMILES string of the molecule is CCN(CC)c1ccc(CN(Cc2ccccc2)Cc2ccc(N(CC)CC)cc2)cc1. The predicted molar refractivity (Wildman–Crippen MR) is 139 cm³/mol. The fourth-order valence-corrected chi connectivity index (χ4v) is 4.33. The average Bonchev–Trinajstić information content (AvgIpc) is 2.83. The smallest absolute Gasteiger partial charge is 0.0366 e. The van der Waals surface area contributed by atoms with Crippen LogP contribution in [0, 0.1) is 0 Å². The van der Waals surface area contributed by atoms with E-state index < -0.39 is 0 Å². The normalized spacial score (nSPS) is 11.0. The number of nitrogens with zero attached hydrogens (tertiary/aromatic N) is 3. The van der Waals surface area contributed by atoms with Crippen LogP contribution in [0.3, 0.4) is 0 Å². The van der Waals surface area contributed by atoms with E-state index in [2.05, 4.69) is 121 Å². The number of benzene rings is 3. The third kappa shape index (κ3) is 6.61. The molecule has 3 aromatic carbocycles. The molecule has 0 unspecified atom stereocenters. The van der Waals surface area contributed by atoms with E-state index >= 15 is 0 Å². The van der Waals surface area contributed by atoms with Gasteiger partial charge in [0.1, 0.15) is 0 Å². The van der Waals surface area contributed by atoms with Gasteiger partial charge in [-0.1, -0.05) is 54.6 Å². The second-order valence-corrected chi connectivity index (χ2v) is 8.31. The minimum Gasteiger partial charge on any atom is -0.372 e. The van der Waals surface area contributed by atoms with E-state index in [0.717, 1.165) is 45.8 Å². The lowest BCUT2D eigenvalue weighted by Gasteiger charge is -2.25. The molecule has 0 amide bonds. The van der Waals surface area contributed by atoms with Crippen LogP contribution < -0.4 is 9.80 Å². The summed E-state index contributed by atoms with van der Waals surface area (Å²) in [5, 5.41) is 0. The van der Waals surface area contributed by atoms with Gasteiger partial charge in [-0.2, -0.15) is 0 Å². The molecule has 0 aliphatic heterocycles. The molecule has 3 rings (SSSR count). The molecule has 0 aliphatic rings. The molecule has 0 saturated heterocycles. The van der Waals surface area contributed by atoms with Crippen molar-refractivity contribution in [2.75, 3.05) is 36.0 Å². The minimum absolute atomic E-state index is 0.936. The highest BCUT2D eigenvalue weighted by Gasteiger charge is 2.10. The third-order valence-electron chi connectivity index (χ3n) is 6.19. The molecular weight excluding hydrogens is 390 g/mol. The van der Waals surface area contributed by atoms with Crippen molar-refractivity contribution in [1.29, 1.82) is 0 Å². The van der Waals surface area contributed by atoms with Crippen LogP contribution >= 0.6 is 0 Å². The van der Waals surface area contributed by atoms with Crippen molar-refractivity contribution in [3.8, 4) is 0 Å². The molecule has 0 spiro atoms. The topological polar surface area (TPSA) is 9.72 Å². The summed E-state index contributed by atoms with van der Waals surface area (Å²) in [4.78, 5) is 7.32. The van der Waals surface area contributed by atoms with Gasteiger partial charge < -0.3 is 9.80 Å². The Bertz CT molecular complexity index is 838. The van der Waals surface area contributed by atoms with Crippen LogP contribution in [0.2, 0.25) is 0 Å². The number of hydrogen-bond acceptors (Lipinski definition) is 3. The summed E-state index contributed by atoms with van der Waals surface area (Å²) in [6.45, 7) is 15.8. The molecular formula is C29H39N3. The van der Waals surface area contributed by atoms with E-state index in [9.17, 15) is 0 Å². The van der Waals surface area contributed by atoms with Crippen LogP contribution in [0.15, 0.2) is 78.9 Å². The summed E-state index contributed by atoms with van der Waals surface area (Å²) < 4.78 is 0. The molecule has 0 bridgehead atoms. The van der Waals surface area contributed by atoms with Gasteiger partial charge in [0.2, 0.25) is 0 Å². The Kier molecular flexibility index (Phi) is 9.18. The van der Waals surface area contributed by atoms with Crippen molar-refractivity contribution in [2.24, 2.45) is 0 Å². The van der Waals surface area contributed by atoms with E-state index in [-0.39, 0.29) is 0 Å². The van der Waals surface area contributed by atoms with Gasteiger partial charge in [-0.15, -0.1) is 0 Å². The van der Waals surface area contributed by atoms with Crippen molar-refractivity contribution < 1.29 is 0 Å². The maximum Gasteiger partial charge on any atom is 0.0366 e. The molecule has 0 atom stereocenters. The van der Waals surface area contributed by atoms with Crippen molar-refractivity contribution in [1.82, 2.24) is 4.90 Å². The molecule has 32 heavy (non-hydrogen) atoms. The van der Waals surface area contributed by atoms with Crippen LogP contribution in [0.5, 0.6) is 0 Å². The first-order valence-electron chi connectivity index (χ1n) is 12.1. The molecule has 0 heterocycles. The highest BCUT2D eigenvalue weighted by Crippen LogP contribution is 2.20. The maximum absolute atomic E-state index is 2.54. The molecule has 3 aromatic rings. The van der Waals surface area contributed by atoms with E-state index in [1.165, 1.54) is 28.1 Å². The van der Waals surface area contributed by atoms with Crippen LogP contribution in [0.4, 0.5) is 11.4 Å². The van der Waals surface area contributed by atoms with Gasteiger partial charge in [0.25, 0.3) is 0 Å². The van der Waals surface area contributed by atoms with Crippen molar-refractivity contribution in [2.45, 2.75) is 47.3 Å². The minimum atomic E-state index is 0.936. The Hall–Kier alpha value is -2.78. The molecule has 0 N–H and O–H groups in total. The second-order valence-electron chi connectivity index (χ2n) is 8.31. The number of rotatable bonds is 12. The molecule has 170 valence electrons. The van der Waals surface area contributed by atoms with Crippen molar-refractivity contribution in [3.05, 3.63) is 95.6 Å². The fraction of sp³-hybridized carbons (Fsp3) is 0.379. The lowest BCUT2D eigenvalue weighted by atomic mass is 10.1. The summed E-state index contributed by atoms with van der Waals surface area (Å²) in [6.07, 6.45) is 0. The van der Waals surface area contributed by atoms with Crippen LogP contribution in [0.1, 0.15) is 44.4 Å². The third-order valence-corrected chi connectivity index (χ3v) is 6.19. The first kappa shape index (κ1) is 23.9. The van der Waals surface area contributed by atoms with E-state index in [1.54, 1.807) is 0 Å². The summed E-state index contributed by atoms with van der Waals surface area (Å²) in [5.41, 5.74) is 6.68. The van der Waals surface area contributed by atoms with E-state index in [0.29, 0.717) is 0 Å². The first-order valence-corrected chi connectivity index (χ1v) is 12.1. The zero-order valence-electron chi connectivity index (χ0n) is 20.3. The molecule has 0 aromatic heterocycles. The molecule has 3 heteroatoms. The van der Waals surface area contributed by atoms with Gasteiger partial charge in [-0.25, -0.2) is 0 Å². The molecule has 0 fully saturated rings. The first-order chi connectivity index (χ1) is 15.7. The van der Waals surface area contributed by atoms with E-state index in [1.807, 2.05) is 0 Å². The molecule has 0 aliphatic carbocycles.